The average molecular weight is 375 g/mol. The maximum atomic E-state index is 13.1. The molecule has 1 aromatic heterocycles. The summed E-state index contributed by atoms with van der Waals surface area (Å²) in [6.07, 6.45) is -4.89. The van der Waals surface area contributed by atoms with Crippen molar-refractivity contribution >= 4 is 28.1 Å². The van der Waals surface area contributed by atoms with E-state index in [2.05, 4.69) is 4.98 Å². The van der Waals surface area contributed by atoms with Gasteiger partial charge in [0.15, 0.2) is 0 Å². The molecule has 2 rings (SSSR count). The number of non-ortho nitro benzene ring substituents is 1. The number of aromatic amines is 1. The van der Waals surface area contributed by atoms with Gasteiger partial charge in [0.2, 0.25) is 5.82 Å². The van der Waals surface area contributed by atoms with E-state index >= 15 is 0 Å². The van der Waals surface area contributed by atoms with Crippen LogP contribution in [0.25, 0.3) is 11.0 Å². The molecule has 0 saturated heterocycles. The topological polar surface area (TPSA) is 118 Å². The molecule has 9 nitrogen and oxygen atoms in total. The first-order valence-corrected chi connectivity index (χ1v) is 7.57. The minimum atomic E-state index is -4.89. The Morgan fingerprint density at radius 3 is 1.96 bits per heavy atom. The monoisotopic (exact) mass is 375 g/mol. The Hall–Kier alpha value is -2.92. The zero-order valence-corrected chi connectivity index (χ0v) is 14.3. The number of H-pyrrole nitrogens is 1. The van der Waals surface area contributed by atoms with Gasteiger partial charge < -0.3 is 9.88 Å². The summed E-state index contributed by atoms with van der Waals surface area (Å²) >= 11 is 0. The standard InChI is InChI=1S/C14H16F3N5O4/c1-6(2)20(7(3)4)12-9(22(25)26)5-8(21(23)24)10-11(12)19-13(18-10)14(15,16)17/h5-7H,1-4H3,(H,18,19). The first-order chi connectivity index (χ1) is 11.9. The Morgan fingerprint density at radius 2 is 1.58 bits per heavy atom. The van der Waals surface area contributed by atoms with Crippen molar-refractivity contribution in [3.63, 3.8) is 0 Å². The number of rotatable bonds is 5. The normalized spacial score (nSPS) is 12.2. The highest BCUT2D eigenvalue weighted by Crippen LogP contribution is 2.43. The van der Waals surface area contributed by atoms with Gasteiger partial charge in [-0.3, -0.25) is 20.2 Å². The molecule has 2 aromatic rings. The fourth-order valence-electron chi connectivity index (χ4n) is 2.91. The summed E-state index contributed by atoms with van der Waals surface area (Å²) in [6, 6.07) is 0.00195. The van der Waals surface area contributed by atoms with Gasteiger partial charge >= 0.3 is 17.6 Å². The van der Waals surface area contributed by atoms with Gasteiger partial charge in [0.1, 0.15) is 16.7 Å². The Balaban J connectivity index is 3.03. The molecule has 1 N–H and O–H groups in total. The number of nitro groups is 2. The lowest BCUT2D eigenvalue weighted by molar-refractivity contribution is -0.392. The predicted octanol–water partition coefficient (Wildman–Crippen LogP) is 4.02. The molecule has 0 bridgehead atoms. The van der Waals surface area contributed by atoms with Crippen LogP contribution in [0.5, 0.6) is 0 Å². The molecular weight excluding hydrogens is 359 g/mol. The molecule has 12 heteroatoms. The zero-order valence-electron chi connectivity index (χ0n) is 14.3. The zero-order chi connectivity index (χ0) is 20.0. The first kappa shape index (κ1) is 19.4. The molecule has 0 aliphatic rings. The number of anilines is 1. The molecule has 0 saturated carbocycles. The lowest BCUT2D eigenvalue weighted by atomic mass is 10.1. The number of hydrogen-bond acceptors (Lipinski definition) is 6. The largest absolute Gasteiger partial charge is 0.449 e. The summed E-state index contributed by atoms with van der Waals surface area (Å²) < 4.78 is 39.2. The molecule has 0 aliphatic carbocycles. The minimum Gasteiger partial charge on any atom is -0.359 e. The van der Waals surface area contributed by atoms with Gasteiger partial charge in [0.25, 0.3) is 0 Å². The molecule has 0 amide bonds. The van der Waals surface area contributed by atoms with Crippen molar-refractivity contribution in [1.29, 1.82) is 0 Å². The summed E-state index contributed by atoms with van der Waals surface area (Å²) in [5.74, 6) is -1.45. The Bertz CT molecular complexity index is 868. The number of hydrogen-bond donors (Lipinski definition) is 1. The van der Waals surface area contributed by atoms with Crippen molar-refractivity contribution in [1.82, 2.24) is 9.97 Å². The fourth-order valence-corrected chi connectivity index (χ4v) is 2.91. The van der Waals surface area contributed by atoms with Crippen LogP contribution >= 0.6 is 0 Å². The van der Waals surface area contributed by atoms with Crippen LogP contribution in [0.1, 0.15) is 33.5 Å². The maximum absolute atomic E-state index is 13.1. The molecule has 142 valence electrons. The van der Waals surface area contributed by atoms with E-state index in [0.29, 0.717) is 6.07 Å². The van der Waals surface area contributed by atoms with Gasteiger partial charge in [-0.1, -0.05) is 0 Å². The minimum absolute atomic E-state index is 0.188. The van der Waals surface area contributed by atoms with E-state index in [1.807, 2.05) is 4.98 Å². The highest BCUT2D eigenvalue weighted by molar-refractivity contribution is 6.00. The molecule has 0 unspecified atom stereocenters. The summed E-state index contributed by atoms with van der Waals surface area (Å²) in [6.45, 7) is 6.81. The SMILES string of the molecule is CC(C)N(c1c([N+](=O)[O-])cc([N+](=O)[O-])c2[nH]c(C(F)(F)F)nc12)C(C)C. The Labute approximate surface area is 145 Å². The van der Waals surface area contributed by atoms with Crippen LogP contribution in [-0.2, 0) is 6.18 Å². The van der Waals surface area contributed by atoms with Crippen LogP contribution in [0, 0.1) is 20.2 Å². The van der Waals surface area contributed by atoms with Crippen LogP contribution in [0.3, 0.4) is 0 Å². The second-order valence-corrected chi connectivity index (χ2v) is 6.18. The van der Waals surface area contributed by atoms with E-state index in [0.717, 1.165) is 0 Å². The van der Waals surface area contributed by atoms with Crippen LogP contribution in [0.2, 0.25) is 0 Å². The molecule has 0 aliphatic heterocycles. The average Bonchev–Trinajstić information content (AvgIpc) is 2.90. The van der Waals surface area contributed by atoms with Gasteiger partial charge in [-0.15, -0.1) is 0 Å². The molecule has 0 atom stereocenters. The number of halogens is 3. The van der Waals surface area contributed by atoms with E-state index in [1.165, 1.54) is 4.90 Å². The Morgan fingerprint density at radius 1 is 1.08 bits per heavy atom. The second-order valence-electron chi connectivity index (χ2n) is 6.18. The van der Waals surface area contributed by atoms with Crippen molar-refractivity contribution < 1.29 is 23.0 Å². The molecule has 0 fully saturated rings. The highest BCUT2D eigenvalue weighted by atomic mass is 19.4. The quantitative estimate of drug-likeness (QED) is 0.623. The highest BCUT2D eigenvalue weighted by Gasteiger charge is 2.39. The molecular formula is C14H16F3N5O4. The van der Waals surface area contributed by atoms with Gasteiger partial charge in [0, 0.05) is 12.1 Å². The van der Waals surface area contributed by atoms with Crippen molar-refractivity contribution in [3.05, 3.63) is 32.1 Å². The van der Waals surface area contributed by atoms with E-state index in [-0.39, 0.29) is 17.8 Å². The number of nitrogens with one attached hydrogen (secondary N) is 1. The second kappa shape index (κ2) is 6.42. The van der Waals surface area contributed by atoms with Crippen molar-refractivity contribution in [2.45, 2.75) is 46.0 Å². The summed E-state index contributed by atoms with van der Waals surface area (Å²) in [7, 11) is 0. The number of alkyl halides is 3. The van der Waals surface area contributed by atoms with Gasteiger partial charge in [-0.25, -0.2) is 4.98 Å². The van der Waals surface area contributed by atoms with Crippen LogP contribution in [0.15, 0.2) is 6.07 Å². The smallest absolute Gasteiger partial charge is 0.359 e. The van der Waals surface area contributed by atoms with Gasteiger partial charge in [-0.05, 0) is 27.7 Å². The van der Waals surface area contributed by atoms with E-state index in [9.17, 15) is 33.4 Å². The number of nitro benzene ring substituents is 2. The summed E-state index contributed by atoms with van der Waals surface area (Å²) in [5.41, 5.74) is -2.67. The number of nitrogens with zero attached hydrogens (tertiary/aromatic N) is 4. The maximum Gasteiger partial charge on any atom is 0.449 e. The lowest BCUT2D eigenvalue weighted by Crippen LogP contribution is -2.37. The molecule has 26 heavy (non-hydrogen) atoms. The third-order valence-corrected chi connectivity index (χ3v) is 3.73. The van der Waals surface area contributed by atoms with E-state index in [1.54, 1.807) is 27.7 Å². The third-order valence-electron chi connectivity index (χ3n) is 3.73. The van der Waals surface area contributed by atoms with Crippen LogP contribution in [-0.4, -0.2) is 31.9 Å². The number of fused-ring (bicyclic) bond motifs is 1. The molecule has 0 radical (unpaired) electrons. The first-order valence-electron chi connectivity index (χ1n) is 7.57. The number of benzene rings is 1. The summed E-state index contributed by atoms with van der Waals surface area (Å²) in [4.78, 5) is 27.7. The molecule has 1 heterocycles. The fraction of sp³-hybridized carbons (Fsp3) is 0.500. The van der Waals surface area contributed by atoms with Crippen molar-refractivity contribution in [3.8, 4) is 0 Å². The lowest BCUT2D eigenvalue weighted by Gasteiger charge is -2.32. The predicted molar refractivity (Wildman–Crippen MR) is 87.2 cm³/mol. The Kier molecular flexibility index (Phi) is 4.79. The van der Waals surface area contributed by atoms with E-state index in [4.69, 9.17) is 0 Å². The van der Waals surface area contributed by atoms with Crippen LogP contribution in [0.4, 0.5) is 30.2 Å². The van der Waals surface area contributed by atoms with Crippen molar-refractivity contribution in [2.24, 2.45) is 0 Å². The summed E-state index contributed by atoms with van der Waals surface area (Å²) in [5, 5.41) is 22.7. The third kappa shape index (κ3) is 3.26. The molecule has 0 spiro atoms. The van der Waals surface area contributed by atoms with Crippen molar-refractivity contribution in [2.75, 3.05) is 4.90 Å². The van der Waals surface area contributed by atoms with Gasteiger partial charge in [0.05, 0.1) is 15.9 Å². The molecule has 1 aromatic carbocycles. The van der Waals surface area contributed by atoms with Gasteiger partial charge in [-0.2, -0.15) is 13.2 Å². The number of aromatic nitrogens is 2. The number of imidazole rings is 1. The van der Waals surface area contributed by atoms with Crippen LogP contribution < -0.4 is 4.90 Å². The van der Waals surface area contributed by atoms with E-state index < -0.39 is 44.3 Å².